The van der Waals surface area contributed by atoms with Crippen LogP contribution in [0.2, 0.25) is 0 Å². The number of nitrogens with zero attached hydrogens (tertiary/aromatic N) is 4. The average Bonchev–Trinajstić information content (AvgIpc) is 3.47. The number of carbonyl (C=O) groups is 4. The van der Waals surface area contributed by atoms with Crippen molar-refractivity contribution in [1.82, 2.24) is 30.2 Å². The van der Waals surface area contributed by atoms with E-state index < -0.39 is 12.1 Å². The van der Waals surface area contributed by atoms with E-state index in [1.165, 1.54) is 64.2 Å². The molecule has 462 valence electrons. The minimum atomic E-state index is -0.560. The molecule has 4 amide bonds. The quantitative estimate of drug-likeness (QED) is 0.0446. The van der Waals surface area contributed by atoms with Crippen LogP contribution in [-0.4, -0.2) is 174 Å². The normalized spacial score (nSPS) is 15.6. The minimum absolute atomic E-state index is 0.0536. The molecule has 0 aliphatic carbocycles. The Balaban J connectivity index is 1.77. The van der Waals surface area contributed by atoms with E-state index in [1.54, 1.807) is 0 Å². The second kappa shape index (κ2) is 51.3. The second-order valence-electron chi connectivity index (χ2n) is 22.9. The molecule has 80 heavy (non-hydrogen) atoms. The van der Waals surface area contributed by atoms with Gasteiger partial charge >= 0.3 is 0 Å². The van der Waals surface area contributed by atoms with Crippen molar-refractivity contribution in [2.24, 2.45) is 11.8 Å². The summed E-state index contributed by atoms with van der Waals surface area (Å²) in [6.07, 6.45) is 45.7. The van der Waals surface area contributed by atoms with Crippen LogP contribution in [0.15, 0.2) is 48.6 Å². The fraction of sp³-hybridized carbons (Fsp3) is 0.818. The van der Waals surface area contributed by atoms with Gasteiger partial charge in [-0.1, -0.05) is 154 Å². The number of unbranched alkanes of at least 4 members (excludes halogenated alkanes) is 16. The molecule has 2 N–H and O–H groups in total. The largest absolute Gasteiger partial charge is 0.379 e. The lowest BCUT2D eigenvalue weighted by Crippen LogP contribution is -2.53. The van der Waals surface area contributed by atoms with E-state index in [0.717, 1.165) is 156 Å². The molecule has 2 heterocycles. The zero-order valence-corrected chi connectivity index (χ0v) is 52.1. The molecular weight excluding hydrogens is 1000 g/mol. The standard InChI is InChI=1S/C66H120N6O8/c1-7-9-11-13-15-17-19-21-23-25-27-29-31-33-35-39-61(73)71(45-37-43-69-47-53-79-54-48-69)63(59(3)4)65(75)67-41-51-77-57-58-78-52-42-68-66(76)64(60(5)6)72(46-38-44-70-49-55-80-56-50-70)62(74)40-36-34-32-30-28-26-24-22-20-18-16-14-12-10-8-2/h15-18,21-24,59-60,63-64H,7-14,19-20,25-58H2,1-6H3,(H,67,75)(H,68,76)/b17-15-,18-16-,23-21-,24-22-. The van der Waals surface area contributed by atoms with Crippen LogP contribution in [0.1, 0.15) is 208 Å². The summed E-state index contributed by atoms with van der Waals surface area (Å²) in [5.41, 5.74) is 0. The molecule has 2 atom stereocenters. The number of nitrogens with one attached hydrogen (secondary N) is 2. The van der Waals surface area contributed by atoms with Crippen LogP contribution < -0.4 is 10.6 Å². The fourth-order valence-electron chi connectivity index (χ4n) is 10.5. The molecule has 14 nitrogen and oxygen atoms in total. The molecule has 14 heteroatoms. The lowest BCUT2D eigenvalue weighted by Gasteiger charge is -2.35. The summed E-state index contributed by atoms with van der Waals surface area (Å²) in [6.45, 7) is 23.9. The molecule has 0 spiro atoms. The molecule has 2 rings (SSSR count). The van der Waals surface area contributed by atoms with Gasteiger partial charge in [-0.3, -0.25) is 29.0 Å². The van der Waals surface area contributed by atoms with Gasteiger partial charge in [-0.2, -0.15) is 0 Å². The van der Waals surface area contributed by atoms with Gasteiger partial charge in [-0.05, 0) is 102 Å². The van der Waals surface area contributed by atoms with Gasteiger partial charge in [0.2, 0.25) is 23.6 Å². The van der Waals surface area contributed by atoms with E-state index in [-0.39, 0.29) is 35.5 Å². The molecular formula is C66H120N6O8. The van der Waals surface area contributed by atoms with Crippen LogP contribution in [0.25, 0.3) is 0 Å². The maximum atomic E-state index is 13.9. The summed E-state index contributed by atoms with van der Waals surface area (Å²) in [7, 11) is 0. The van der Waals surface area contributed by atoms with Gasteiger partial charge in [-0.15, -0.1) is 0 Å². The molecule has 0 aromatic heterocycles. The Morgan fingerprint density at radius 2 is 0.787 bits per heavy atom. The number of rotatable bonds is 51. The number of amides is 4. The summed E-state index contributed by atoms with van der Waals surface area (Å²) >= 11 is 0. The van der Waals surface area contributed by atoms with Crippen molar-refractivity contribution in [2.75, 3.05) is 118 Å². The highest BCUT2D eigenvalue weighted by molar-refractivity contribution is 5.88. The molecule has 0 aromatic carbocycles. The minimum Gasteiger partial charge on any atom is -0.379 e. The predicted octanol–water partition coefficient (Wildman–Crippen LogP) is 12.0. The van der Waals surface area contributed by atoms with Crippen LogP contribution >= 0.6 is 0 Å². The smallest absolute Gasteiger partial charge is 0.243 e. The van der Waals surface area contributed by atoms with Crippen molar-refractivity contribution < 1.29 is 38.1 Å². The summed E-state index contributed by atoms with van der Waals surface area (Å²) in [4.78, 5) is 63.9. The number of allylic oxidation sites excluding steroid dienone is 8. The third kappa shape index (κ3) is 37.7. The van der Waals surface area contributed by atoms with Crippen LogP contribution in [0.4, 0.5) is 0 Å². The highest BCUT2D eigenvalue weighted by Gasteiger charge is 2.33. The van der Waals surface area contributed by atoms with Crippen LogP contribution in [-0.2, 0) is 38.1 Å². The maximum Gasteiger partial charge on any atom is 0.243 e. The number of ether oxygens (including phenoxy) is 4. The Hall–Kier alpha value is -3.40. The summed E-state index contributed by atoms with van der Waals surface area (Å²) in [5, 5.41) is 6.13. The summed E-state index contributed by atoms with van der Waals surface area (Å²) in [6, 6.07) is -1.12. The first-order valence-electron chi connectivity index (χ1n) is 32.6. The van der Waals surface area contributed by atoms with Gasteiger partial charge in [0.05, 0.1) is 52.9 Å². The fourth-order valence-corrected chi connectivity index (χ4v) is 10.5. The third-order valence-corrected chi connectivity index (χ3v) is 15.2. The van der Waals surface area contributed by atoms with Gasteiger partial charge in [-0.25, -0.2) is 0 Å². The highest BCUT2D eigenvalue weighted by Crippen LogP contribution is 2.19. The lowest BCUT2D eigenvalue weighted by atomic mass is 9.99. The number of hydrogen-bond donors (Lipinski definition) is 2. The lowest BCUT2D eigenvalue weighted by molar-refractivity contribution is -0.142. The third-order valence-electron chi connectivity index (χ3n) is 15.2. The summed E-state index contributed by atoms with van der Waals surface area (Å²) in [5.74, 6) is -0.278. The second-order valence-corrected chi connectivity index (χ2v) is 22.9. The molecule has 2 saturated heterocycles. The first kappa shape index (κ1) is 72.7. The molecule has 0 bridgehead atoms. The molecule has 2 aliphatic rings. The zero-order chi connectivity index (χ0) is 57.9. The summed E-state index contributed by atoms with van der Waals surface area (Å²) < 4.78 is 22.8. The Labute approximate surface area is 489 Å². The Kier molecular flexibility index (Phi) is 46.6. The Morgan fingerprint density at radius 3 is 1.14 bits per heavy atom. The molecule has 0 aromatic rings. The van der Waals surface area contributed by atoms with Crippen molar-refractivity contribution in [1.29, 1.82) is 0 Å². The van der Waals surface area contributed by atoms with Crippen LogP contribution in [0, 0.1) is 11.8 Å². The predicted molar refractivity (Wildman–Crippen MR) is 331 cm³/mol. The number of morpholine rings is 2. The van der Waals surface area contributed by atoms with Crippen LogP contribution in [0.3, 0.4) is 0 Å². The van der Waals surface area contributed by atoms with E-state index >= 15 is 0 Å². The van der Waals surface area contributed by atoms with Crippen molar-refractivity contribution in [3.63, 3.8) is 0 Å². The van der Waals surface area contributed by atoms with Crippen LogP contribution in [0.5, 0.6) is 0 Å². The molecule has 0 saturated carbocycles. The maximum absolute atomic E-state index is 13.9. The molecule has 2 fully saturated rings. The van der Waals surface area contributed by atoms with Gasteiger partial charge in [0, 0.05) is 78.3 Å². The monoisotopic (exact) mass is 1120 g/mol. The SMILES string of the molecule is CCCCC/C=C\C/C=C\CCCCCCCC(=O)N(CCCN1CCOCC1)C(C(=O)NCCOCCOCCNC(=O)C(C(C)C)N(CCCN1CCOCC1)C(=O)CCCCCCC/C=C\C/C=C\CCCCC)C(C)C. The number of carbonyl (C=O) groups excluding carboxylic acids is 4. The highest BCUT2D eigenvalue weighted by atomic mass is 16.5. The van der Waals surface area contributed by atoms with Crippen molar-refractivity contribution in [3.05, 3.63) is 48.6 Å². The van der Waals surface area contributed by atoms with Crippen molar-refractivity contribution >= 4 is 23.6 Å². The van der Waals surface area contributed by atoms with E-state index in [1.807, 2.05) is 37.5 Å². The van der Waals surface area contributed by atoms with Crippen molar-refractivity contribution in [3.8, 4) is 0 Å². The molecule has 2 aliphatic heterocycles. The average molecular weight is 1130 g/mol. The molecule has 0 radical (unpaired) electrons. The van der Waals surface area contributed by atoms with Gasteiger partial charge in [0.25, 0.3) is 0 Å². The van der Waals surface area contributed by atoms with Crippen molar-refractivity contribution in [2.45, 2.75) is 221 Å². The van der Waals surface area contributed by atoms with Gasteiger partial charge < -0.3 is 39.4 Å². The first-order valence-corrected chi connectivity index (χ1v) is 32.6. The Morgan fingerprint density at radius 1 is 0.450 bits per heavy atom. The van der Waals surface area contributed by atoms with Gasteiger partial charge in [0.1, 0.15) is 12.1 Å². The first-order chi connectivity index (χ1) is 39.1. The topological polar surface area (TPSA) is 142 Å². The zero-order valence-electron chi connectivity index (χ0n) is 52.1. The van der Waals surface area contributed by atoms with Gasteiger partial charge in [0.15, 0.2) is 0 Å². The van der Waals surface area contributed by atoms with E-state index in [4.69, 9.17) is 18.9 Å². The van der Waals surface area contributed by atoms with E-state index in [9.17, 15) is 19.2 Å². The van der Waals surface area contributed by atoms with E-state index in [0.29, 0.717) is 65.4 Å². The number of hydrogen-bond acceptors (Lipinski definition) is 10. The molecule has 2 unspecified atom stereocenters. The Bertz CT molecular complexity index is 1530. The van der Waals surface area contributed by atoms with E-state index in [2.05, 4.69) is 82.9 Å².